The number of anilines is 2. The molecule has 192 valence electrons. The minimum atomic E-state index is -4.61. The van der Waals surface area contributed by atoms with E-state index in [1.807, 2.05) is 24.1 Å². The first-order valence-corrected chi connectivity index (χ1v) is 12.8. The molecule has 0 saturated carbocycles. The standard InChI is InChI=1S/C23H28F3N3O5S/c1-29(12-11-15-3-5-16(6-4-15)28-35(2,32)33)13-17(30)14-34-20-9-8-19(23(24,25)26)22-18(20)7-10-21(31)27-22/h3-6,8-9,17,28,30H,7,10-14H2,1-2H3,(H,27,31). The second-order valence-electron chi connectivity index (χ2n) is 8.56. The highest BCUT2D eigenvalue weighted by Crippen LogP contribution is 2.42. The van der Waals surface area contributed by atoms with E-state index in [4.69, 9.17) is 4.74 Å². The predicted octanol–water partition coefficient (Wildman–Crippen LogP) is 2.88. The van der Waals surface area contributed by atoms with E-state index in [0.717, 1.165) is 17.9 Å². The summed E-state index contributed by atoms with van der Waals surface area (Å²) < 4.78 is 70.5. The van der Waals surface area contributed by atoms with Crippen LogP contribution in [0.25, 0.3) is 0 Å². The summed E-state index contributed by atoms with van der Waals surface area (Å²) >= 11 is 0. The number of carbonyl (C=O) groups is 1. The van der Waals surface area contributed by atoms with Crippen LogP contribution in [-0.4, -0.2) is 63.4 Å². The van der Waals surface area contributed by atoms with Gasteiger partial charge >= 0.3 is 6.18 Å². The van der Waals surface area contributed by atoms with E-state index >= 15 is 0 Å². The molecular weight excluding hydrogens is 487 g/mol. The Labute approximate surface area is 202 Å². The zero-order valence-electron chi connectivity index (χ0n) is 19.4. The molecule has 1 atom stereocenters. The highest BCUT2D eigenvalue weighted by Gasteiger charge is 2.37. The molecule has 1 amide bonds. The number of hydrogen-bond donors (Lipinski definition) is 3. The molecule has 0 aromatic heterocycles. The van der Waals surface area contributed by atoms with Crippen LogP contribution in [0.1, 0.15) is 23.1 Å². The van der Waals surface area contributed by atoms with Gasteiger partial charge in [0.2, 0.25) is 15.9 Å². The van der Waals surface area contributed by atoms with Crippen LogP contribution in [0.3, 0.4) is 0 Å². The van der Waals surface area contributed by atoms with Crippen molar-refractivity contribution in [2.24, 2.45) is 0 Å². The van der Waals surface area contributed by atoms with Gasteiger partial charge in [0, 0.05) is 30.8 Å². The molecule has 0 aliphatic carbocycles. The molecule has 0 bridgehead atoms. The maximum atomic E-state index is 13.3. The molecule has 0 fully saturated rings. The van der Waals surface area contributed by atoms with E-state index in [2.05, 4.69) is 10.0 Å². The first-order valence-electron chi connectivity index (χ1n) is 10.9. The summed E-state index contributed by atoms with van der Waals surface area (Å²) in [5.74, 6) is -0.277. The number of halogens is 3. The zero-order valence-corrected chi connectivity index (χ0v) is 20.2. The molecule has 1 aliphatic heterocycles. The van der Waals surface area contributed by atoms with Crippen LogP contribution < -0.4 is 14.8 Å². The predicted molar refractivity (Wildman–Crippen MR) is 126 cm³/mol. The number of rotatable bonds is 10. The van der Waals surface area contributed by atoms with Crippen LogP contribution in [0.5, 0.6) is 5.75 Å². The quantitative estimate of drug-likeness (QED) is 0.449. The Morgan fingerprint density at radius 3 is 2.49 bits per heavy atom. The number of alkyl halides is 3. The minimum absolute atomic E-state index is 0.0568. The second-order valence-corrected chi connectivity index (χ2v) is 10.3. The smallest absolute Gasteiger partial charge is 0.418 e. The van der Waals surface area contributed by atoms with Gasteiger partial charge < -0.3 is 20.1 Å². The molecule has 2 aromatic rings. The molecule has 0 radical (unpaired) electrons. The molecule has 1 unspecified atom stereocenters. The van der Waals surface area contributed by atoms with E-state index in [9.17, 15) is 31.5 Å². The van der Waals surface area contributed by atoms with Gasteiger partial charge in [-0.1, -0.05) is 12.1 Å². The fraction of sp³-hybridized carbons (Fsp3) is 0.435. The van der Waals surface area contributed by atoms with Crippen molar-refractivity contribution in [3.05, 3.63) is 53.1 Å². The maximum Gasteiger partial charge on any atom is 0.418 e. The number of sulfonamides is 1. The topological polar surface area (TPSA) is 108 Å². The molecule has 12 heteroatoms. The van der Waals surface area contributed by atoms with Gasteiger partial charge in [-0.15, -0.1) is 0 Å². The Morgan fingerprint density at radius 1 is 1.17 bits per heavy atom. The molecular formula is C23H28F3N3O5S. The average molecular weight is 516 g/mol. The van der Waals surface area contributed by atoms with Gasteiger partial charge in [0.25, 0.3) is 0 Å². The van der Waals surface area contributed by atoms with Crippen molar-refractivity contribution >= 4 is 27.3 Å². The van der Waals surface area contributed by atoms with Crippen LogP contribution in [0.15, 0.2) is 36.4 Å². The molecule has 1 heterocycles. The summed E-state index contributed by atoms with van der Waals surface area (Å²) in [6.45, 7) is 0.757. The van der Waals surface area contributed by atoms with Crippen molar-refractivity contribution in [2.75, 3.05) is 43.0 Å². The van der Waals surface area contributed by atoms with Gasteiger partial charge in [0.05, 0.1) is 17.5 Å². The van der Waals surface area contributed by atoms with Gasteiger partial charge in [0.15, 0.2) is 0 Å². The van der Waals surface area contributed by atoms with Crippen LogP contribution >= 0.6 is 0 Å². The fourth-order valence-electron chi connectivity index (χ4n) is 3.79. The SMILES string of the molecule is CN(CCc1ccc(NS(C)(=O)=O)cc1)CC(O)COc1ccc(C(F)(F)F)c2c1CCC(=O)N2. The average Bonchev–Trinajstić information content (AvgIpc) is 2.75. The van der Waals surface area contributed by atoms with Crippen LogP contribution in [0, 0.1) is 0 Å². The lowest BCUT2D eigenvalue weighted by Crippen LogP contribution is -2.34. The van der Waals surface area contributed by atoms with Crippen molar-refractivity contribution < 1.29 is 36.2 Å². The number of nitrogens with one attached hydrogen (secondary N) is 2. The highest BCUT2D eigenvalue weighted by molar-refractivity contribution is 7.92. The van der Waals surface area contributed by atoms with Gasteiger partial charge in [-0.2, -0.15) is 13.2 Å². The van der Waals surface area contributed by atoms with Gasteiger partial charge in [-0.25, -0.2) is 8.42 Å². The van der Waals surface area contributed by atoms with E-state index in [-0.39, 0.29) is 43.0 Å². The largest absolute Gasteiger partial charge is 0.490 e. The normalized spacial score (nSPS) is 14.9. The number of nitrogens with zero attached hydrogens (tertiary/aromatic N) is 1. The first kappa shape index (κ1) is 26.8. The van der Waals surface area contributed by atoms with Crippen LogP contribution in [0.2, 0.25) is 0 Å². The Balaban J connectivity index is 1.52. The van der Waals surface area contributed by atoms with Gasteiger partial charge in [0.1, 0.15) is 18.5 Å². The summed E-state index contributed by atoms with van der Waals surface area (Å²) in [6.07, 6.45) is -3.59. The molecule has 8 nitrogen and oxygen atoms in total. The van der Waals surface area contributed by atoms with Gasteiger partial charge in [-0.3, -0.25) is 9.52 Å². The van der Waals surface area contributed by atoms with E-state index in [1.54, 1.807) is 12.1 Å². The number of hydrogen-bond acceptors (Lipinski definition) is 6. The second kappa shape index (κ2) is 10.8. The summed E-state index contributed by atoms with van der Waals surface area (Å²) in [6, 6.07) is 9.06. The lowest BCUT2D eigenvalue weighted by atomic mass is 9.97. The van der Waals surface area contributed by atoms with Crippen molar-refractivity contribution in [2.45, 2.75) is 31.5 Å². The molecule has 2 aromatic carbocycles. The van der Waals surface area contributed by atoms with E-state index in [1.165, 1.54) is 6.07 Å². The molecule has 1 aliphatic rings. The summed E-state index contributed by atoms with van der Waals surface area (Å²) in [5.41, 5.74) is 0.528. The third kappa shape index (κ3) is 7.84. The lowest BCUT2D eigenvalue weighted by Gasteiger charge is -2.25. The van der Waals surface area contributed by atoms with E-state index < -0.39 is 33.8 Å². The van der Waals surface area contributed by atoms with E-state index in [0.29, 0.717) is 18.7 Å². The van der Waals surface area contributed by atoms with Crippen molar-refractivity contribution in [1.29, 1.82) is 0 Å². The van der Waals surface area contributed by atoms with Crippen molar-refractivity contribution in [3.63, 3.8) is 0 Å². The van der Waals surface area contributed by atoms with Gasteiger partial charge in [-0.05, 0) is 49.7 Å². The molecule has 35 heavy (non-hydrogen) atoms. The Morgan fingerprint density at radius 2 is 1.86 bits per heavy atom. The zero-order chi connectivity index (χ0) is 25.8. The van der Waals surface area contributed by atoms with Crippen LogP contribution in [-0.2, 0) is 33.8 Å². The molecule has 3 N–H and O–H groups in total. The summed E-state index contributed by atoms with van der Waals surface area (Å²) in [4.78, 5) is 13.5. The molecule has 0 spiro atoms. The third-order valence-corrected chi connectivity index (χ3v) is 6.04. The Kier molecular flexibility index (Phi) is 8.29. The summed E-state index contributed by atoms with van der Waals surface area (Å²) in [7, 11) is -1.52. The maximum absolute atomic E-state index is 13.3. The Bertz CT molecular complexity index is 1150. The number of fused-ring (bicyclic) bond motifs is 1. The highest BCUT2D eigenvalue weighted by atomic mass is 32.2. The monoisotopic (exact) mass is 515 g/mol. The lowest BCUT2D eigenvalue weighted by molar-refractivity contribution is -0.137. The summed E-state index contributed by atoms with van der Waals surface area (Å²) in [5, 5.41) is 12.7. The Hall–Kier alpha value is -2.83. The minimum Gasteiger partial charge on any atom is -0.490 e. The number of likely N-dealkylation sites (N-methyl/N-ethyl adjacent to an activating group) is 1. The van der Waals surface area contributed by atoms with Crippen LogP contribution in [0.4, 0.5) is 24.5 Å². The number of carbonyl (C=O) groups excluding carboxylic acids is 1. The number of benzene rings is 2. The first-order chi connectivity index (χ1) is 16.3. The number of amides is 1. The number of aliphatic hydroxyl groups excluding tert-OH is 1. The molecule has 0 saturated heterocycles. The number of aliphatic hydroxyl groups is 1. The molecule has 3 rings (SSSR count). The number of ether oxygens (including phenoxy) is 1. The fourth-order valence-corrected chi connectivity index (χ4v) is 4.36. The van der Waals surface area contributed by atoms with Crippen molar-refractivity contribution in [3.8, 4) is 5.75 Å². The van der Waals surface area contributed by atoms with Crippen molar-refractivity contribution in [1.82, 2.24) is 4.90 Å². The third-order valence-electron chi connectivity index (χ3n) is 5.43.